The van der Waals surface area contributed by atoms with Crippen molar-refractivity contribution in [2.24, 2.45) is 28.6 Å². The molecule has 6 atom stereocenters. The third kappa shape index (κ3) is 3.01. The summed E-state index contributed by atoms with van der Waals surface area (Å²) < 4.78 is 7.80. The van der Waals surface area contributed by atoms with Gasteiger partial charge in [0.25, 0.3) is 0 Å². The molecule has 178 valence electrons. The standard InChI is InChI=1S/C29H34N2O3/c1-18(33)34-21-10-12-28(2)20(15-21)8-9-22-23(28)11-13-29(3)24(22)14-19(16-32)27(29)31-17-30-25-6-4-5-7-26(25)31/h4-8,16-17,21-24H,9-15H2,1-3H3/t21-,22-,23-,24+,28-,29-/m0/s1. The van der Waals surface area contributed by atoms with Crippen LogP contribution < -0.4 is 0 Å². The Morgan fingerprint density at radius 3 is 2.71 bits per heavy atom. The first-order chi connectivity index (χ1) is 16.3. The van der Waals surface area contributed by atoms with Gasteiger partial charge in [0.2, 0.25) is 0 Å². The Bertz CT molecular complexity index is 1240. The summed E-state index contributed by atoms with van der Waals surface area (Å²) in [6.45, 7) is 6.36. The number of fused-ring (bicyclic) bond motifs is 6. The Labute approximate surface area is 201 Å². The van der Waals surface area contributed by atoms with Gasteiger partial charge in [-0.05, 0) is 73.8 Å². The molecule has 0 amide bonds. The van der Waals surface area contributed by atoms with Crippen molar-refractivity contribution in [3.8, 4) is 0 Å². The Hall–Kier alpha value is -2.69. The minimum absolute atomic E-state index is 0.0261. The van der Waals surface area contributed by atoms with E-state index in [4.69, 9.17) is 4.74 Å². The molecule has 5 heteroatoms. The number of carbonyl (C=O) groups excluding carboxylic acids is 2. The first-order valence-electron chi connectivity index (χ1n) is 12.8. The maximum atomic E-state index is 12.4. The molecular formula is C29H34N2O3. The summed E-state index contributed by atoms with van der Waals surface area (Å²) >= 11 is 0. The van der Waals surface area contributed by atoms with Crippen LogP contribution in [0, 0.1) is 28.6 Å². The molecule has 0 aliphatic heterocycles. The van der Waals surface area contributed by atoms with Crippen LogP contribution >= 0.6 is 0 Å². The van der Waals surface area contributed by atoms with E-state index in [1.54, 1.807) is 0 Å². The van der Waals surface area contributed by atoms with E-state index in [9.17, 15) is 9.59 Å². The number of ether oxygens (including phenoxy) is 1. The zero-order valence-electron chi connectivity index (χ0n) is 20.4. The van der Waals surface area contributed by atoms with Gasteiger partial charge in [-0.15, -0.1) is 0 Å². The second-order valence-electron chi connectivity index (χ2n) is 11.5. The third-order valence-corrected chi connectivity index (χ3v) is 9.90. The number of hydrogen-bond acceptors (Lipinski definition) is 4. The van der Waals surface area contributed by atoms with Gasteiger partial charge >= 0.3 is 5.97 Å². The average molecular weight is 459 g/mol. The highest BCUT2D eigenvalue weighted by Gasteiger charge is 2.58. The van der Waals surface area contributed by atoms with E-state index in [1.165, 1.54) is 24.6 Å². The number of allylic oxidation sites excluding steroid dienone is 3. The molecule has 6 rings (SSSR count). The molecule has 0 unspecified atom stereocenters. The van der Waals surface area contributed by atoms with Gasteiger partial charge in [-0.2, -0.15) is 0 Å². The number of para-hydroxylation sites is 2. The number of aldehydes is 1. The van der Waals surface area contributed by atoms with E-state index in [0.717, 1.165) is 61.4 Å². The van der Waals surface area contributed by atoms with Crippen molar-refractivity contribution in [1.29, 1.82) is 0 Å². The molecule has 0 N–H and O–H groups in total. The van der Waals surface area contributed by atoms with E-state index in [0.29, 0.717) is 17.8 Å². The molecule has 0 bridgehead atoms. The molecule has 0 saturated heterocycles. The van der Waals surface area contributed by atoms with Gasteiger partial charge in [0.15, 0.2) is 0 Å². The van der Waals surface area contributed by atoms with Gasteiger partial charge in [0.05, 0.1) is 11.0 Å². The fraction of sp³-hybridized carbons (Fsp3) is 0.552. The second kappa shape index (κ2) is 7.66. The van der Waals surface area contributed by atoms with Crippen molar-refractivity contribution >= 4 is 29.0 Å². The summed E-state index contributed by atoms with van der Waals surface area (Å²) in [7, 11) is 0. The summed E-state index contributed by atoms with van der Waals surface area (Å²) in [5.74, 6) is 1.48. The van der Waals surface area contributed by atoms with E-state index in [1.807, 2.05) is 24.5 Å². The molecule has 2 saturated carbocycles. The predicted molar refractivity (Wildman–Crippen MR) is 132 cm³/mol. The van der Waals surface area contributed by atoms with Gasteiger partial charge < -0.3 is 9.30 Å². The number of esters is 1. The van der Waals surface area contributed by atoms with Gasteiger partial charge in [0.1, 0.15) is 18.7 Å². The highest BCUT2D eigenvalue weighted by atomic mass is 16.5. The number of rotatable bonds is 3. The lowest BCUT2D eigenvalue weighted by atomic mass is 9.47. The number of aromatic nitrogens is 2. The average Bonchev–Trinajstić information content (AvgIpc) is 3.36. The number of carbonyl (C=O) groups is 2. The minimum Gasteiger partial charge on any atom is -0.462 e. The maximum absolute atomic E-state index is 12.4. The second-order valence-corrected chi connectivity index (χ2v) is 11.5. The van der Waals surface area contributed by atoms with Crippen LogP contribution in [0.2, 0.25) is 0 Å². The van der Waals surface area contributed by atoms with Gasteiger partial charge in [-0.3, -0.25) is 9.59 Å². The Balaban J connectivity index is 1.35. The number of benzene rings is 1. The quantitative estimate of drug-likeness (QED) is 0.324. The van der Waals surface area contributed by atoms with E-state index >= 15 is 0 Å². The van der Waals surface area contributed by atoms with Gasteiger partial charge in [0, 0.05) is 30.0 Å². The Kier molecular flexibility index (Phi) is 4.91. The van der Waals surface area contributed by atoms with E-state index in [2.05, 4.69) is 35.5 Å². The predicted octanol–water partition coefficient (Wildman–Crippen LogP) is 5.95. The molecule has 34 heavy (non-hydrogen) atoms. The summed E-state index contributed by atoms with van der Waals surface area (Å²) in [4.78, 5) is 28.5. The molecule has 2 aromatic rings. The minimum atomic E-state index is -0.172. The van der Waals surface area contributed by atoms with Crippen LogP contribution in [-0.2, 0) is 14.3 Å². The van der Waals surface area contributed by atoms with Crippen molar-refractivity contribution < 1.29 is 14.3 Å². The summed E-state index contributed by atoms with van der Waals surface area (Å²) in [5.41, 5.74) is 5.83. The van der Waals surface area contributed by atoms with Crippen LogP contribution in [-0.4, -0.2) is 27.9 Å². The highest BCUT2D eigenvalue weighted by Crippen LogP contribution is 2.66. The Morgan fingerprint density at radius 2 is 1.91 bits per heavy atom. The molecule has 2 fully saturated rings. The van der Waals surface area contributed by atoms with E-state index in [-0.39, 0.29) is 22.9 Å². The molecule has 0 radical (unpaired) electrons. The van der Waals surface area contributed by atoms with Crippen LogP contribution in [0.1, 0.15) is 65.7 Å². The van der Waals surface area contributed by atoms with Crippen molar-refractivity contribution in [3.63, 3.8) is 0 Å². The van der Waals surface area contributed by atoms with Crippen molar-refractivity contribution in [3.05, 3.63) is 47.8 Å². The summed E-state index contributed by atoms with van der Waals surface area (Å²) in [6.07, 6.45) is 12.6. The molecule has 5 nitrogen and oxygen atoms in total. The van der Waals surface area contributed by atoms with Crippen LogP contribution in [0.4, 0.5) is 0 Å². The Morgan fingerprint density at radius 1 is 1.12 bits per heavy atom. The van der Waals surface area contributed by atoms with Crippen molar-refractivity contribution in [2.45, 2.75) is 71.8 Å². The fourth-order valence-corrected chi connectivity index (χ4v) is 8.33. The summed E-state index contributed by atoms with van der Waals surface area (Å²) in [6, 6.07) is 8.22. The van der Waals surface area contributed by atoms with Crippen LogP contribution in [0.25, 0.3) is 16.7 Å². The molecule has 1 aromatic heterocycles. The fourth-order valence-electron chi connectivity index (χ4n) is 8.33. The van der Waals surface area contributed by atoms with Gasteiger partial charge in [-0.25, -0.2) is 4.98 Å². The molecule has 1 aromatic carbocycles. The first-order valence-corrected chi connectivity index (χ1v) is 12.8. The van der Waals surface area contributed by atoms with Gasteiger partial charge in [-0.1, -0.05) is 37.6 Å². The number of imidazole rings is 1. The van der Waals surface area contributed by atoms with Crippen molar-refractivity contribution in [2.75, 3.05) is 0 Å². The van der Waals surface area contributed by atoms with Crippen molar-refractivity contribution in [1.82, 2.24) is 9.55 Å². The molecular weight excluding hydrogens is 424 g/mol. The monoisotopic (exact) mass is 458 g/mol. The highest BCUT2D eigenvalue weighted by molar-refractivity contribution is 5.90. The third-order valence-electron chi connectivity index (χ3n) is 9.90. The summed E-state index contributed by atoms with van der Waals surface area (Å²) in [5, 5.41) is 0. The lowest BCUT2D eigenvalue weighted by molar-refractivity contribution is -0.148. The molecule has 0 spiro atoms. The zero-order valence-corrected chi connectivity index (χ0v) is 20.4. The lowest BCUT2D eigenvalue weighted by Gasteiger charge is -2.57. The lowest BCUT2D eigenvalue weighted by Crippen LogP contribution is -2.50. The molecule has 4 aliphatic rings. The number of nitrogens with zero attached hydrogens (tertiary/aromatic N) is 2. The largest absolute Gasteiger partial charge is 0.462 e. The topological polar surface area (TPSA) is 61.2 Å². The normalized spacial score (nSPS) is 37.0. The van der Waals surface area contributed by atoms with Crippen LogP contribution in [0.5, 0.6) is 0 Å². The first kappa shape index (κ1) is 21.8. The smallest absolute Gasteiger partial charge is 0.302 e. The zero-order chi connectivity index (χ0) is 23.7. The van der Waals surface area contributed by atoms with Crippen LogP contribution in [0.3, 0.4) is 0 Å². The molecule has 4 aliphatic carbocycles. The number of hydrogen-bond donors (Lipinski definition) is 0. The van der Waals surface area contributed by atoms with Crippen LogP contribution in [0.15, 0.2) is 47.8 Å². The van der Waals surface area contributed by atoms with E-state index < -0.39 is 0 Å². The SMILES string of the molecule is CC(=O)O[C@H]1CC[C@@]2(C)C(=CC[C@@H]3[C@H]4CC(C=O)=C(n5cnc6ccccc65)[C@@]4(C)CC[C@@H]32)C1. The molecule has 1 heterocycles. The maximum Gasteiger partial charge on any atom is 0.302 e.